The third kappa shape index (κ3) is 1.44. The Bertz CT molecular complexity index is 598. The molecule has 0 saturated carbocycles. The maximum atomic E-state index is 11.8. The summed E-state index contributed by atoms with van der Waals surface area (Å²) in [6, 6.07) is 5.31. The van der Waals surface area contributed by atoms with Crippen LogP contribution in [0, 0.1) is 5.41 Å². The lowest BCUT2D eigenvalue weighted by molar-refractivity contribution is 0.842. The van der Waals surface area contributed by atoms with Gasteiger partial charge >= 0.3 is 0 Å². The first-order chi connectivity index (χ1) is 7.11. The molecular weight excluding hydrogens is 190 g/mol. The van der Waals surface area contributed by atoms with E-state index in [-0.39, 0.29) is 5.56 Å². The Labute approximate surface area is 86.7 Å². The van der Waals surface area contributed by atoms with E-state index in [1.54, 1.807) is 32.2 Å². The van der Waals surface area contributed by atoms with Crippen molar-refractivity contribution in [3.05, 3.63) is 40.4 Å². The van der Waals surface area contributed by atoms with Crippen LogP contribution in [0.2, 0.25) is 0 Å². The van der Waals surface area contributed by atoms with Crippen LogP contribution in [0.25, 0.3) is 10.9 Å². The molecule has 0 aliphatic carbocycles. The lowest BCUT2D eigenvalue weighted by Crippen LogP contribution is -2.17. The summed E-state index contributed by atoms with van der Waals surface area (Å²) < 4.78 is 1.44. The van der Waals surface area contributed by atoms with Gasteiger partial charge in [-0.3, -0.25) is 4.79 Å². The van der Waals surface area contributed by atoms with Gasteiger partial charge in [0.1, 0.15) is 0 Å². The SMILES string of the molecule is CC(=N)c1cccc2c(=O)n(C)cnc12. The first kappa shape index (κ1) is 9.58. The van der Waals surface area contributed by atoms with Crippen molar-refractivity contribution in [3.8, 4) is 0 Å². The Morgan fingerprint density at radius 2 is 2.20 bits per heavy atom. The van der Waals surface area contributed by atoms with E-state index in [0.717, 1.165) is 0 Å². The molecule has 1 aromatic heterocycles. The first-order valence-corrected chi connectivity index (χ1v) is 4.61. The van der Waals surface area contributed by atoms with Gasteiger partial charge in [-0.05, 0) is 13.0 Å². The summed E-state index contributed by atoms with van der Waals surface area (Å²) in [4.78, 5) is 15.9. The zero-order chi connectivity index (χ0) is 11.0. The zero-order valence-corrected chi connectivity index (χ0v) is 8.61. The van der Waals surface area contributed by atoms with Crippen LogP contribution in [0.4, 0.5) is 0 Å². The molecule has 0 unspecified atom stereocenters. The number of aryl methyl sites for hydroxylation is 1. The minimum absolute atomic E-state index is 0.0805. The summed E-state index contributed by atoms with van der Waals surface area (Å²) in [7, 11) is 1.67. The molecule has 0 fully saturated rings. The smallest absolute Gasteiger partial charge is 0.260 e. The van der Waals surface area contributed by atoms with Crippen molar-refractivity contribution in [2.75, 3.05) is 0 Å². The van der Waals surface area contributed by atoms with Crippen molar-refractivity contribution in [3.63, 3.8) is 0 Å². The predicted molar refractivity (Wildman–Crippen MR) is 59.5 cm³/mol. The molecule has 4 heteroatoms. The van der Waals surface area contributed by atoms with Gasteiger partial charge in [-0.2, -0.15) is 0 Å². The molecule has 0 aliphatic rings. The fourth-order valence-electron chi connectivity index (χ4n) is 1.54. The second-order valence-electron chi connectivity index (χ2n) is 3.49. The van der Waals surface area contributed by atoms with Crippen LogP contribution in [0.3, 0.4) is 0 Å². The Kier molecular flexibility index (Phi) is 2.11. The minimum atomic E-state index is -0.0805. The highest BCUT2D eigenvalue weighted by atomic mass is 16.1. The van der Waals surface area contributed by atoms with Gasteiger partial charge in [0, 0.05) is 18.3 Å². The van der Waals surface area contributed by atoms with Crippen molar-refractivity contribution in [1.82, 2.24) is 9.55 Å². The third-order valence-electron chi connectivity index (χ3n) is 2.35. The Morgan fingerprint density at radius 1 is 1.47 bits per heavy atom. The molecule has 0 amide bonds. The van der Waals surface area contributed by atoms with Crippen LogP contribution in [0.15, 0.2) is 29.3 Å². The number of nitrogens with zero attached hydrogens (tertiary/aromatic N) is 2. The molecule has 0 radical (unpaired) electrons. The van der Waals surface area contributed by atoms with Crippen LogP contribution >= 0.6 is 0 Å². The van der Waals surface area contributed by atoms with Crippen molar-refractivity contribution < 1.29 is 0 Å². The summed E-state index contributed by atoms with van der Waals surface area (Å²) in [6.07, 6.45) is 1.48. The summed E-state index contributed by atoms with van der Waals surface area (Å²) in [5.41, 5.74) is 1.66. The molecule has 2 aromatic rings. The lowest BCUT2D eigenvalue weighted by atomic mass is 10.1. The van der Waals surface area contributed by atoms with E-state index in [4.69, 9.17) is 5.41 Å². The van der Waals surface area contributed by atoms with Crippen LogP contribution in [-0.4, -0.2) is 15.3 Å². The van der Waals surface area contributed by atoms with Crippen LogP contribution < -0.4 is 5.56 Å². The summed E-state index contributed by atoms with van der Waals surface area (Å²) >= 11 is 0. The van der Waals surface area contributed by atoms with Crippen molar-refractivity contribution in [2.45, 2.75) is 6.92 Å². The fourth-order valence-corrected chi connectivity index (χ4v) is 1.54. The largest absolute Gasteiger partial charge is 0.305 e. The molecule has 0 spiro atoms. The van der Waals surface area contributed by atoms with E-state index < -0.39 is 0 Å². The highest BCUT2D eigenvalue weighted by Gasteiger charge is 2.07. The van der Waals surface area contributed by atoms with Gasteiger partial charge in [0.15, 0.2) is 0 Å². The summed E-state index contributed by atoms with van der Waals surface area (Å²) in [5, 5.41) is 8.15. The third-order valence-corrected chi connectivity index (χ3v) is 2.35. The molecule has 76 valence electrons. The molecule has 1 aromatic carbocycles. The van der Waals surface area contributed by atoms with Gasteiger partial charge in [0.05, 0.1) is 17.2 Å². The average molecular weight is 201 g/mol. The molecule has 0 saturated heterocycles. The number of fused-ring (bicyclic) bond motifs is 1. The maximum Gasteiger partial charge on any atom is 0.260 e. The molecule has 0 aliphatic heterocycles. The number of nitrogens with one attached hydrogen (secondary N) is 1. The van der Waals surface area contributed by atoms with E-state index >= 15 is 0 Å². The Hall–Kier alpha value is -1.97. The lowest BCUT2D eigenvalue weighted by Gasteiger charge is -2.04. The molecule has 15 heavy (non-hydrogen) atoms. The molecular formula is C11H11N3O. The molecule has 1 heterocycles. The number of aromatic nitrogens is 2. The number of hydrogen-bond acceptors (Lipinski definition) is 3. The average Bonchev–Trinajstić information content (AvgIpc) is 2.23. The van der Waals surface area contributed by atoms with Gasteiger partial charge in [-0.25, -0.2) is 4.98 Å². The van der Waals surface area contributed by atoms with Crippen LogP contribution in [0.5, 0.6) is 0 Å². The Balaban J connectivity index is 2.96. The molecule has 2 rings (SSSR count). The summed E-state index contributed by atoms with van der Waals surface area (Å²) in [6.45, 7) is 1.69. The van der Waals surface area contributed by atoms with E-state index in [9.17, 15) is 4.79 Å². The molecule has 0 bridgehead atoms. The number of rotatable bonds is 1. The highest BCUT2D eigenvalue weighted by molar-refractivity contribution is 6.06. The van der Waals surface area contributed by atoms with Gasteiger partial charge < -0.3 is 9.98 Å². The van der Waals surface area contributed by atoms with Crippen molar-refractivity contribution in [1.29, 1.82) is 5.41 Å². The van der Waals surface area contributed by atoms with Crippen LogP contribution in [-0.2, 0) is 7.05 Å². The second-order valence-corrected chi connectivity index (χ2v) is 3.49. The standard InChI is InChI=1S/C11H11N3O/c1-7(12)8-4-3-5-9-10(8)13-6-14(2)11(9)15/h3-6,12H,1-2H3. The summed E-state index contributed by atoms with van der Waals surface area (Å²) in [5.74, 6) is 0. The van der Waals surface area contributed by atoms with Gasteiger partial charge in [-0.1, -0.05) is 12.1 Å². The maximum absolute atomic E-state index is 11.8. The topological polar surface area (TPSA) is 58.7 Å². The number of hydrogen-bond donors (Lipinski definition) is 1. The minimum Gasteiger partial charge on any atom is -0.305 e. The predicted octanol–water partition coefficient (Wildman–Crippen LogP) is 1.32. The van der Waals surface area contributed by atoms with Crippen molar-refractivity contribution in [2.24, 2.45) is 7.05 Å². The van der Waals surface area contributed by atoms with Crippen LogP contribution in [0.1, 0.15) is 12.5 Å². The van der Waals surface area contributed by atoms with Gasteiger partial charge in [-0.15, -0.1) is 0 Å². The quantitative estimate of drug-likeness (QED) is 0.707. The van der Waals surface area contributed by atoms with E-state index in [1.807, 2.05) is 0 Å². The number of para-hydroxylation sites is 1. The van der Waals surface area contributed by atoms with E-state index in [0.29, 0.717) is 22.2 Å². The van der Waals surface area contributed by atoms with Gasteiger partial charge in [0.25, 0.3) is 5.56 Å². The second kappa shape index (κ2) is 3.31. The number of benzene rings is 1. The van der Waals surface area contributed by atoms with Crippen molar-refractivity contribution >= 4 is 16.6 Å². The molecule has 0 atom stereocenters. The normalized spacial score (nSPS) is 10.5. The zero-order valence-electron chi connectivity index (χ0n) is 8.61. The molecule has 4 nitrogen and oxygen atoms in total. The monoisotopic (exact) mass is 201 g/mol. The van der Waals surface area contributed by atoms with E-state index in [2.05, 4.69) is 4.98 Å². The Morgan fingerprint density at radius 3 is 2.87 bits per heavy atom. The highest BCUT2D eigenvalue weighted by Crippen LogP contribution is 2.12. The van der Waals surface area contributed by atoms with Gasteiger partial charge in [0.2, 0.25) is 0 Å². The fraction of sp³-hybridized carbons (Fsp3) is 0.182. The first-order valence-electron chi connectivity index (χ1n) is 4.61. The molecule has 1 N–H and O–H groups in total. The van der Waals surface area contributed by atoms with E-state index in [1.165, 1.54) is 10.9 Å².